The van der Waals surface area contributed by atoms with Gasteiger partial charge in [-0.1, -0.05) is 24.3 Å². The predicted octanol–water partition coefficient (Wildman–Crippen LogP) is 2.31. The summed E-state index contributed by atoms with van der Waals surface area (Å²) in [6, 6.07) is 9.33. The lowest BCUT2D eigenvalue weighted by Crippen LogP contribution is -2.38. The molecule has 0 spiro atoms. The third-order valence-corrected chi connectivity index (χ3v) is 4.01. The second kappa shape index (κ2) is 6.13. The lowest BCUT2D eigenvalue weighted by atomic mass is 10.1. The second-order valence-electron chi connectivity index (χ2n) is 5.58. The van der Waals surface area contributed by atoms with Crippen LogP contribution in [0.3, 0.4) is 0 Å². The number of ether oxygens (including phenoxy) is 1. The Morgan fingerprint density at radius 3 is 2.82 bits per heavy atom. The average Bonchev–Trinajstić information content (AvgIpc) is 3.38. The molecule has 0 bridgehead atoms. The summed E-state index contributed by atoms with van der Waals surface area (Å²) >= 11 is 0. The minimum Gasteiger partial charge on any atom is -0.469 e. The smallest absolute Gasteiger partial charge is 0.307 e. The lowest BCUT2D eigenvalue weighted by Gasteiger charge is -2.17. The SMILES string of the molecule is COC(=O)CC(NC(=O)c1nccc2ccccc12)C1CC1. The molecule has 1 unspecified atom stereocenters. The molecule has 0 saturated heterocycles. The van der Waals surface area contributed by atoms with Crippen molar-refractivity contribution in [2.45, 2.75) is 25.3 Å². The van der Waals surface area contributed by atoms with Crippen LogP contribution in [0.5, 0.6) is 0 Å². The van der Waals surface area contributed by atoms with Gasteiger partial charge in [-0.3, -0.25) is 14.6 Å². The van der Waals surface area contributed by atoms with Crippen molar-refractivity contribution in [3.05, 3.63) is 42.2 Å². The summed E-state index contributed by atoms with van der Waals surface area (Å²) in [6.07, 6.45) is 3.90. The van der Waals surface area contributed by atoms with Crippen molar-refractivity contribution in [1.29, 1.82) is 0 Å². The third kappa shape index (κ3) is 3.08. The van der Waals surface area contributed by atoms with E-state index < -0.39 is 0 Å². The molecule has 1 fully saturated rings. The molecule has 1 heterocycles. The molecule has 1 amide bonds. The summed E-state index contributed by atoms with van der Waals surface area (Å²) in [7, 11) is 1.36. The van der Waals surface area contributed by atoms with Crippen molar-refractivity contribution in [3.63, 3.8) is 0 Å². The molecule has 1 aromatic heterocycles. The molecule has 1 aliphatic rings. The number of aromatic nitrogens is 1. The maximum atomic E-state index is 12.5. The van der Waals surface area contributed by atoms with E-state index in [4.69, 9.17) is 4.74 Å². The maximum Gasteiger partial charge on any atom is 0.307 e. The van der Waals surface area contributed by atoms with Gasteiger partial charge in [0.05, 0.1) is 13.5 Å². The highest BCUT2D eigenvalue weighted by Crippen LogP contribution is 2.34. The highest BCUT2D eigenvalue weighted by atomic mass is 16.5. The van der Waals surface area contributed by atoms with Crippen LogP contribution in [0.1, 0.15) is 29.8 Å². The number of rotatable bonds is 5. The van der Waals surface area contributed by atoms with Crippen molar-refractivity contribution in [2.75, 3.05) is 7.11 Å². The second-order valence-corrected chi connectivity index (χ2v) is 5.58. The Kier molecular flexibility index (Phi) is 4.04. The zero-order valence-electron chi connectivity index (χ0n) is 12.4. The first-order valence-corrected chi connectivity index (χ1v) is 7.40. The molecule has 1 aromatic carbocycles. The highest BCUT2D eigenvalue weighted by molar-refractivity contribution is 6.05. The Balaban J connectivity index is 1.81. The highest BCUT2D eigenvalue weighted by Gasteiger charge is 2.34. The first-order chi connectivity index (χ1) is 10.7. The number of fused-ring (bicyclic) bond motifs is 1. The zero-order chi connectivity index (χ0) is 15.5. The first-order valence-electron chi connectivity index (χ1n) is 7.40. The minimum atomic E-state index is -0.303. The number of amides is 1. The van der Waals surface area contributed by atoms with Crippen LogP contribution < -0.4 is 5.32 Å². The molecule has 2 aromatic rings. The minimum absolute atomic E-state index is 0.180. The molecule has 5 heteroatoms. The van der Waals surface area contributed by atoms with Crippen molar-refractivity contribution in [3.8, 4) is 0 Å². The maximum absolute atomic E-state index is 12.5. The summed E-state index contributed by atoms with van der Waals surface area (Å²) in [5, 5.41) is 4.74. The predicted molar refractivity (Wildman–Crippen MR) is 82.4 cm³/mol. The fourth-order valence-electron chi connectivity index (χ4n) is 2.63. The molecule has 3 rings (SSSR count). The Labute approximate surface area is 128 Å². The molecule has 1 N–H and O–H groups in total. The van der Waals surface area contributed by atoms with Gasteiger partial charge in [-0.05, 0) is 30.2 Å². The number of nitrogens with one attached hydrogen (secondary N) is 1. The van der Waals surface area contributed by atoms with Gasteiger partial charge in [0.15, 0.2) is 0 Å². The largest absolute Gasteiger partial charge is 0.469 e. The van der Waals surface area contributed by atoms with Gasteiger partial charge in [-0.15, -0.1) is 0 Å². The summed E-state index contributed by atoms with van der Waals surface area (Å²) in [6.45, 7) is 0. The molecule has 114 valence electrons. The summed E-state index contributed by atoms with van der Waals surface area (Å²) in [4.78, 5) is 28.3. The first kappa shape index (κ1) is 14.5. The summed E-state index contributed by atoms with van der Waals surface area (Å²) in [5.41, 5.74) is 0.397. The van der Waals surface area contributed by atoms with Crippen molar-refractivity contribution >= 4 is 22.6 Å². The molecule has 22 heavy (non-hydrogen) atoms. The number of pyridine rings is 1. The fraction of sp³-hybridized carbons (Fsp3) is 0.353. The number of hydrogen-bond donors (Lipinski definition) is 1. The van der Waals surface area contributed by atoms with Crippen molar-refractivity contribution < 1.29 is 14.3 Å². The molecule has 1 saturated carbocycles. The monoisotopic (exact) mass is 298 g/mol. The molecule has 1 aliphatic carbocycles. The van der Waals surface area contributed by atoms with Gasteiger partial charge in [0.1, 0.15) is 5.69 Å². The van der Waals surface area contributed by atoms with E-state index in [1.165, 1.54) is 7.11 Å². The van der Waals surface area contributed by atoms with E-state index >= 15 is 0 Å². The number of nitrogens with zero attached hydrogens (tertiary/aromatic N) is 1. The van der Waals surface area contributed by atoms with Crippen LogP contribution in [0, 0.1) is 5.92 Å². The van der Waals surface area contributed by atoms with E-state index in [1.54, 1.807) is 6.20 Å². The van der Waals surface area contributed by atoms with Crippen LogP contribution in [0.4, 0.5) is 0 Å². The van der Waals surface area contributed by atoms with Crippen molar-refractivity contribution in [2.24, 2.45) is 5.92 Å². The van der Waals surface area contributed by atoms with Gasteiger partial charge in [-0.25, -0.2) is 0 Å². The van der Waals surface area contributed by atoms with Crippen LogP contribution >= 0.6 is 0 Å². The van der Waals surface area contributed by atoms with Crippen molar-refractivity contribution in [1.82, 2.24) is 10.3 Å². The number of carbonyl (C=O) groups is 2. The van der Waals surface area contributed by atoms with Crippen LogP contribution in [-0.4, -0.2) is 30.0 Å². The number of benzene rings is 1. The van der Waals surface area contributed by atoms with E-state index in [9.17, 15) is 9.59 Å². The van der Waals surface area contributed by atoms with Gasteiger partial charge in [-0.2, -0.15) is 0 Å². The van der Waals surface area contributed by atoms with Gasteiger partial charge in [0.25, 0.3) is 5.91 Å². The molecule has 0 aliphatic heterocycles. The van der Waals surface area contributed by atoms with Crippen LogP contribution in [-0.2, 0) is 9.53 Å². The summed E-state index contributed by atoms with van der Waals surface area (Å²) < 4.78 is 4.71. The number of carbonyl (C=O) groups excluding carboxylic acids is 2. The topological polar surface area (TPSA) is 68.3 Å². The Morgan fingerprint density at radius 2 is 2.09 bits per heavy atom. The van der Waals surface area contributed by atoms with Gasteiger partial charge < -0.3 is 10.1 Å². The van der Waals surface area contributed by atoms with Gasteiger partial charge >= 0.3 is 5.97 Å². The van der Waals surface area contributed by atoms with E-state index in [0.717, 1.165) is 23.6 Å². The Hall–Kier alpha value is -2.43. The molecular weight excluding hydrogens is 280 g/mol. The normalized spacial score (nSPS) is 15.3. The van der Waals surface area contributed by atoms with E-state index in [2.05, 4.69) is 10.3 Å². The third-order valence-electron chi connectivity index (χ3n) is 4.01. The summed E-state index contributed by atoms with van der Waals surface area (Å²) in [5.74, 6) is -0.182. The Morgan fingerprint density at radius 1 is 1.32 bits per heavy atom. The standard InChI is InChI=1S/C17H18N2O3/c1-22-15(20)10-14(12-6-7-12)19-17(21)16-13-5-3-2-4-11(13)8-9-18-16/h2-5,8-9,12,14H,6-7,10H2,1H3,(H,19,21). The number of methoxy groups -OCH3 is 1. The van der Waals surface area contributed by atoms with Crippen LogP contribution in [0.25, 0.3) is 10.8 Å². The fourth-order valence-corrected chi connectivity index (χ4v) is 2.63. The number of hydrogen-bond acceptors (Lipinski definition) is 4. The van der Waals surface area contributed by atoms with Gasteiger partial charge in [0, 0.05) is 17.6 Å². The van der Waals surface area contributed by atoms with E-state index in [1.807, 2.05) is 30.3 Å². The lowest BCUT2D eigenvalue weighted by molar-refractivity contribution is -0.141. The average molecular weight is 298 g/mol. The van der Waals surface area contributed by atoms with Gasteiger partial charge in [0.2, 0.25) is 0 Å². The zero-order valence-corrected chi connectivity index (χ0v) is 12.4. The Bertz CT molecular complexity index is 705. The molecule has 0 radical (unpaired) electrons. The number of esters is 1. The quantitative estimate of drug-likeness (QED) is 0.860. The molecule has 5 nitrogen and oxygen atoms in total. The van der Waals surface area contributed by atoms with Crippen LogP contribution in [0.15, 0.2) is 36.5 Å². The van der Waals surface area contributed by atoms with E-state index in [0.29, 0.717) is 11.6 Å². The molecule has 1 atom stereocenters. The van der Waals surface area contributed by atoms with E-state index in [-0.39, 0.29) is 24.3 Å². The molecular formula is C17H18N2O3. The van der Waals surface area contributed by atoms with Crippen LogP contribution in [0.2, 0.25) is 0 Å².